The Labute approximate surface area is 78.1 Å². The number of hydrogen-bond donors (Lipinski definition) is 1. The topological polar surface area (TPSA) is 69.6 Å². The van der Waals surface area contributed by atoms with Gasteiger partial charge in [0.15, 0.2) is 0 Å². The van der Waals surface area contributed by atoms with Crippen LogP contribution in [-0.4, -0.2) is 26.8 Å². The van der Waals surface area contributed by atoms with Crippen LogP contribution < -0.4 is 5.73 Å². The Kier molecular flexibility index (Phi) is 3.39. The maximum atomic E-state index is 12.0. The molecule has 0 saturated carbocycles. The van der Waals surface area contributed by atoms with E-state index in [1.165, 1.54) is 0 Å². The minimum absolute atomic E-state index is 0.306. The predicted molar refractivity (Wildman–Crippen MR) is 41.1 cm³/mol. The fourth-order valence-electron chi connectivity index (χ4n) is 0.849. The van der Waals surface area contributed by atoms with Gasteiger partial charge in [-0.2, -0.15) is 18.0 Å². The van der Waals surface area contributed by atoms with Crippen LogP contribution in [0.2, 0.25) is 0 Å². The second-order valence-corrected chi connectivity index (χ2v) is 2.70. The molecule has 0 radical (unpaired) electrons. The van der Waals surface area contributed by atoms with E-state index in [2.05, 4.69) is 15.4 Å². The van der Waals surface area contributed by atoms with Gasteiger partial charge in [-0.25, -0.2) is 0 Å². The number of alkyl halides is 3. The van der Waals surface area contributed by atoms with Crippen molar-refractivity contribution in [2.45, 2.75) is 25.6 Å². The molecule has 14 heavy (non-hydrogen) atoms. The molecule has 0 aliphatic carbocycles. The lowest BCUT2D eigenvalue weighted by molar-refractivity contribution is -0.145. The molecule has 0 spiro atoms. The number of tetrazole rings is 1. The molecule has 0 unspecified atom stereocenters. The lowest BCUT2D eigenvalue weighted by Gasteiger charge is -1.98. The van der Waals surface area contributed by atoms with E-state index in [0.717, 1.165) is 11.2 Å². The van der Waals surface area contributed by atoms with Crippen LogP contribution >= 0.6 is 0 Å². The summed E-state index contributed by atoms with van der Waals surface area (Å²) in [4.78, 5) is 0.929. The van der Waals surface area contributed by atoms with E-state index in [9.17, 15) is 13.2 Å². The highest BCUT2D eigenvalue weighted by atomic mass is 19.4. The Bertz CT molecular complexity index is 281. The summed E-state index contributed by atoms with van der Waals surface area (Å²) in [6.07, 6.45) is -3.15. The molecule has 8 heteroatoms. The molecule has 0 fully saturated rings. The van der Waals surface area contributed by atoms with Crippen LogP contribution in [0, 0.1) is 0 Å². The number of nitrogens with two attached hydrogens (primary N) is 1. The van der Waals surface area contributed by atoms with Gasteiger partial charge >= 0.3 is 6.18 Å². The van der Waals surface area contributed by atoms with Crippen molar-refractivity contribution in [3.8, 4) is 0 Å². The highest BCUT2D eigenvalue weighted by Crippen LogP contribution is 2.24. The van der Waals surface area contributed by atoms with Crippen molar-refractivity contribution in [2.75, 3.05) is 6.54 Å². The van der Waals surface area contributed by atoms with Crippen LogP contribution in [0.5, 0.6) is 0 Å². The molecule has 1 aromatic rings. The normalized spacial score (nSPS) is 12.0. The van der Waals surface area contributed by atoms with E-state index >= 15 is 0 Å². The van der Waals surface area contributed by atoms with Crippen molar-refractivity contribution >= 4 is 0 Å². The number of aromatic nitrogens is 4. The summed E-state index contributed by atoms with van der Waals surface area (Å²) in [6.45, 7) is 0.807. The zero-order valence-corrected chi connectivity index (χ0v) is 7.33. The molecule has 0 bridgehead atoms. The van der Waals surface area contributed by atoms with Gasteiger partial charge in [0.25, 0.3) is 5.82 Å². The van der Waals surface area contributed by atoms with Crippen LogP contribution in [0.15, 0.2) is 0 Å². The maximum Gasteiger partial charge on any atom is 0.455 e. The molecule has 0 aliphatic rings. The highest BCUT2D eigenvalue weighted by molar-refractivity contribution is 4.82. The first-order chi connectivity index (χ1) is 6.54. The summed E-state index contributed by atoms with van der Waals surface area (Å²) < 4.78 is 36.0. The van der Waals surface area contributed by atoms with Crippen molar-refractivity contribution in [3.63, 3.8) is 0 Å². The van der Waals surface area contributed by atoms with Crippen LogP contribution in [0.3, 0.4) is 0 Å². The molecule has 0 saturated heterocycles. The van der Waals surface area contributed by atoms with Crippen molar-refractivity contribution in [2.24, 2.45) is 5.73 Å². The summed E-state index contributed by atoms with van der Waals surface area (Å²) in [5, 5.41) is 9.34. The Morgan fingerprint density at radius 1 is 1.29 bits per heavy atom. The molecule has 1 heterocycles. The van der Waals surface area contributed by atoms with Crippen LogP contribution in [0.1, 0.15) is 18.7 Å². The first kappa shape index (κ1) is 10.9. The number of hydrogen-bond acceptors (Lipinski definition) is 4. The lowest BCUT2D eigenvalue weighted by atomic mass is 10.3. The first-order valence-corrected chi connectivity index (χ1v) is 4.09. The van der Waals surface area contributed by atoms with Crippen LogP contribution in [0.4, 0.5) is 13.2 Å². The van der Waals surface area contributed by atoms with E-state index in [-0.39, 0.29) is 0 Å². The summed E-state index contributed by atoms with van der Waals surface area (Å²) in [5.41, 5.74) is 5.22. The summed E-state index contributed by atoms with van der Waals surface area (Å²) in [5.74, 6) is -1.20. The van der Waals surface area contributed by atoms with Gasteiger partial charge < -0.3 is 5.73 Å². The third kappa shape index (κ3) is 2.95. The summed E-state index contributed by atoms with van der Waals surface area (Å²) in [6, 6.07) is 0. The van der Waals surface area contributed by atoms with Crippen LogP contribution in [0.25, 0.3) is 0 Å². The number of rotatable bonds is 4. The van der Waals surface area contributed by atoms with Crippen molar-refractivity contribution < 1.29 is 13.2 Å². The monoisotopic (exact) mass is 209 g/mol. The van der Waals surface area contributed by atoms with Crippen molar-refractivity contribution in [3.05, 3.63) is 5.82 Å². The number of nitrogens with zero attached hydrogens (tertiary/aromatic N) is 4. The molecule has 0 amide bonds. The van der Waals surface area contributed by atoms with Gasteiger partial charge in [-0.15, -0.1) is 10.2 Å². The molecular formula is C6H10F3N5. The molecule has 1 rings (SSSR count). The molecule has 0 aromatic carbocycles. The maximum absolute atomic E-state index is 12.0. The van der Waals surface area contributed by atoms with Gasteiger partial charge in [0, 0.05) is 0 Å². The second-order valence-electron chi connectivity index (χ2n) is 2.70. The van der Waals surface area contributed by atoms with Crippen molar-refractivity contribution in [1.82, 2.24) is 20.2 Å². The minimum atomic E-state index is -4.52. The minimum Gasteiger partial charge on any atom is -0.330 e. The smallest absolute Gasteiger partial charge is 0.330 e. The molecule has 2 N–H and O–H groups in total. The summed E-state index contributed by atoms with van der Waals surface area (Å²) in [7, 11) is 0. The van der Waals surface area contributed by atoms with Gasteiger partial charge in [0.05, 0.1) is 6.54 Å². The van der Waals surface area contributed by atoms with Gasteiger partial charge in [-0.05, 0) is 24.6 Å². The van der Waals surface area contributed by atoms with Gasteiger partial charge in [0.1, 0.15) is 0 Å². The second kappa shape index (κ2) is 4.36. The largest absolute Gasteiger partial charge is 0.455 e. The SMILES string of the molecule is NCCCCn1nnc(C(F)(F)F)n1. The fourth-order valence-corrected chi connectivity index (χ4v) is 0.849. The third-order valence-electron chi connectivity index (χ3n) is 1.52. The van der Waals surface area contributed by atoms with E-state index < -0.39 is 12.0 Å². The molecule has 5 nitrogen and oxygen atoms in total. The lowest BCUT2D eigenvalue weighted by Crippen LogP contribution is -2.10. The zero-order chi connectivity index (χ0) is 10.6. The van der Waals surface area contributed by atoms with E-state index in [0.29, 0.717) is 19.5 Å². The Morgan fingerprint density at radius 3 is 2.50 bits per heavy atom. The van der Waals surface area contributed by atoms with Gasteiger partial charge in [-0.1, -0.05) is 0 Å². The number of unbranched alkanes of at least 4 members (excludes halogenated alkanes) is 1. The first-order valence-electron chi connectivity index (χ1n) is 4.09. The average Bonchev–Trinajstić information content (AvgIpc) is 2.52. The zero-order valence-electron chi connectivity index (χ0n) is 7.33. The molecule has 0 atom stereocenters. The number of aryl methyl sites for hydroxylation is 1. The Hall–Kier alpha value is -1.18. The van der Waals surface area contributed by atoms with Gasteiger partial charge in [0.2, 0.25) is 0 Å². The predicted octanol–water partition coefficient (Wildman–Crippen LogP) is 0.431. The molecule has 0 aliphatic heterocycles. The van der Waals surface area contributed by atoms with E-state index in [4.69, 9.17) is 5.73 Å². The molecular weight excluding hydrogens is 199 g/mol. The molecule has 1 aromatic heterocycles. The van der Waals surface area contributed by atoms with E-state index in [1.807, 2.05) is 0 Å². The third-order valence-corrected chi connectivity index (χ3v) is 1.52. The van der Waals surface area contributed by atoms with Gasteiger partial charge in [-0.3, -0.25) is 0 Å². The average molecular weight is 209 g/mol. The fraction of sp³-hybridized carbons (Fsp3) is 0.833. The quantitative estimate of drug-likeness (QED) is 0.730. The van der Waals surface area contributed by atoms with E-state index in [1.54, 1.807) is 0 Å². The van der Waals surface area contributed by atoms with Crippen LogP contribution in [-0.2, 0) is 12.7 Å². The van der Waals surface area contributed by atoms with Crippen molar-refractivity contribution in [1.29, 1.82) is 0 Å². The Morgan fingerprint density at radius 2 is 2.00 bits per heavy atom. The highest BCUT2D eigenvalue weighted by Gasteiger charge is 2.36. The standard InChI is InChI=1S/C6H10F3N5/c7-6(8,9)5-11-13-14(12-5)4-2-1-3-10/h1-4,10H2. The Balaban J connectivity index is 2.51. The summed E-state index contributed by atoms with van der Waals surface area (Å²) >= 11 is 0. The number of halogens is 3. The molecule has 80 valence electrons.